The lowest BCUT2D eigenvalue weighted by Crippen LogP contribution is -2.01. The maximum Gasteiger partial charge on any atom is 0.338 e. The van der Waals surface area contributed by atoms with Crippen molar-refractivity contribution < 1.29 is 9.53 Å². The van der Waals surface area contributed by atoms with Crippen LogP contribution in [0.4, 0.5) is 0 Å². The van der Waals surface area contributed by atoms with Crippen LogP contribution in [0.1, 0.15) is 15.9 Å². The van der Waals surface area contributed by atoms with Crippen molar-refractivity contribution in [3.8, 4) is 0 Å². The molecule has 0 aliphatic carbocycles. The van der Waals surface area contributed by atoms with Gasteiger partial charge in [-0.05, 0) is 40.5 Å². The molecule has 1 radical (unpaired) electrons. The molecular formula is C9H8BrO2. The number of carbonyl (C=O) groups excluding carboxylic acids is 1. The van der Waals surface area contributed by atoms with Gasteiger partial charge >= 0.3 is 5.97 Å². The summed E-state index contributed by atoms with van der Waals surface area (Å²) in [5, 5.41) is 0. The Kier molecular flexibility index (Phi) is 2.87. The molecule has 0 fully saturated rings. The quantitative estimate of drug-likeness (QED) is 0.690. The molecule has 3 heteroatoms. The number of methoxy groups -OCH3 is 1. The molecule has 0 saturated heterocycles. The van der Waals surface area contributed by atoms with Crippen molar-refractivity contribution in [2.75, 3.05) is 7.11 Å². The van der Waals surface area contributed by atoms with Gasteiger partial charge in [0.15, 0.2) is 0 Å². The van der Waals surface area contributed by atoms with E-state index < -0.39 is 0 Å². The largest absolute Gasteiger partial charge is 0.465 e. The summed E-state index contributed by atoms with van der Waals surface area (Å²) in [4.78, 5) is 11.1. The fourth-order valence-corrected chi connectivity index (χ4v) is 1.42. The van der Waals surface area contributed by atoms with Gasteiger partial charge in [-0.1, -0.05) is 6.07 Å². The molecule has 0 heterocycles. The SMILES string of the molecule is [CH2]c1ccc(C(=O)OC)c(Br)c1. The summed E-state index contributed by atoms with van der Waals surface area (Å²) in [5.74, 6) is -0.345. The van der Waals surface area contributed by atoms with Crippen molar-refractivity contribution in [2.45, 2.75) is 0 Å². The molecule has 0 N–H and O–H groups in total. The Balaban J connectivity index is 3.09. The molecule has 0 spiro atoms. The molecule has 0 amide bonds. The van der Waals surface area contributed by atoms with Crippen molar-refractivity contribution in [2.24, 2.45) is 0 Å². The zero-order valence-corrected chi connectivity index (χ0v) is 8.22. The first-order valence-electron chi connectivity index (χ1n) is 3.35. The van der Waals surface area contributed by atoms with E-state index in [1.165, 1.54) is 7.11 Å². The van der Waals surface area contributed by atoms with Gasteiger partial charge in [-0.15, -0.1) is 0 Å². The van der Waals surface area contributed by atoms with Crippen molar-refractivity contribution in [1.82, 2.24) is 0 Å². The molecular weight excluding hydrogens is 220 g/mol. The summed E-state index contributed by atoms with van der Waals surface area (Å²) >= 11 is 3.25. The highest BCUT2D eigenvalue weighted by Crippen LogP contribution is 2.18. The van der Waals surface area contributed by atoms with Crippen LogP contribution in [0.25, 0.3) is 0 Å². The Morgan fingerprint density at radius 1 is 1.58 bits per heavy atom. The Labute approximate surface area is 79.7 Å². The number of hydrogen-bond donors (Lipinski definition) is 0. The maximum atomic E-state index is 11.1. The number of benzene rings is 1. The zero-order valence-electron chi connectivity index (χ0n) is 6.63. The number of ether oxygens (including phenoxy) is 1. The molecule has 0 atom stereocenters. The van der Waals surface area contributed by atoms with Gasteiger partial charge in [-0.2, -0.15) is 0 Å². The zero-order chi connectivity index (χ0) is 9.14. The second-order valence-electron chi connectivity index (χ2n) is 2.31. The normalized spacial score (nSPS) is 9.58. The molecule has 0 unspecified atom stereocenters. The van der Waals surface area contributed by atoms with Gasteiger partial charge in [0.1, 0.15) is 0 Å². The third kappa shape index (κ3) is 1.85. The standard InChI is InChI=1S/C9H8BrO2/c1-6-3-4-7(8(10)5-6)9(11)12-2/h3-5H,1H2,2H3. The summed E-state index contributed by atoms with van der Waals surface area (Å²) in [5.41, 5.74) is 1.37. The van der Waals surface area contributed by atoms with E-state index in [1.54, 1.807) is 18.2 Å². The number of carbonyl (C=O) groups is 1. The fourth-order valence-electron chi connectivity index (χ4n) is 0.834. The summed E-state index contributed by atoms with van der Waals surface area (Å²) in [6.45, 7) is 3.73. The van der Waals surface area contributed by atoms with Crippen LogP contribution in [0, 0.1) is 6.92 Å². The van der Waals surface area contributed by atoms with Crippen LogP contribution in [0.2, 0.25) is 0 Å². The van der Waals surface area contributed by atoms with Crippen molar-refractivity contribution in [1.29, 1.82) is 0 Å². The Morgan fingerprint density at radius 3 is 2.75 bits per heavy atom. The summed E-state index contributed by atoms with van der Waals surface area (Å²) in [7, 11) is 1.35. The number of halogens is 1. The Morgan fingerprint density at radius 2 is 2.25 bits per heavy atom. The van der Waals surface area contributed by atoms with Crippen molar-refractivity contribution in [3.05, 3.63) is 40.7 Å². The van der Waals surface area contributed by atoms with Crippen LogP contribution in [0.15, 0.2) is 22.7 Å². The minimum absolute atomic E-state index is 0.345. The van der Waals surface area contributed by atoms with E-state index in [0.717, 1.165) is 5.56 Å². The molecule has 0 aliphatic heterocycles. The topological polar surface area (TPSA) is 26.3 Å². The van der Waals surface area contributed by atoms with Crippen LogP contribution in [0.3, 0.4) is 0 Å². The molecule has 1 aromatic carbocycles. The fraction of sp³-hybridized carbons (Fsp3) is 0.111. The monoisotopic (exact) mass is 227 g/mol. The average molecular weight is 228 g/mol. The molecule has 63 valence electrons. The van der Waals surface area contributed by atoms with Gasteiger partial charge in [-0.3, -0.25) is 0 Å². The molecule has 2 nitrogen and oxygen atoms in total. The minimum Gasteiger partial charge on any atom is -0.465 e. The lowest BCUT2D eigenvalue weighted by Gasteiger charge is -2.02. The number of rotatable bonds is 1. The van der Waals surface area contributed by atoms with E-state index in [-0.39, 0.29) is 5.97 Å². The van der Waals surface area contributed by atoms with Gasteiger partial charge < -0.3 is 4.74 Å². The van der Waals surface area contributed by atoms with Crippen molar-refractivity contribution >= 4 is 21.9 Å². The van der Waals surface area contributed by atoms with Crippen LogP contribution >= 0.6 is 15.9 Å². The van der Waals surface area contributed by atoms with Gasteiger partial charge in [0, 0.05) is 4.47 Å². The van der Waals surface area contributed by atoms with Crippen LogP contribution < -0.4 is 0 Å². The maximum absolute atomic E-state index is 11.1. The summed E-state index contributed by atoms with van der Waals surface area (Å²) in [6, 6.07) is 5.21. The minimum atomic E-state index is -0.345. The summed E-state index contributed by atoms with van der Waals surface area (Å²) in [6.07, 6.45) is 0. The van der Waals surface area contributed by atoms with E-state index in [2.05, 4.69) is 27.6 Å². The van der Waals surface area contributed by atoms with E-state index in [9.17, 15) is 4.79 Å². The average Bonchev–Trinajstić information content (AvgIpc) is 2.03. The Hall–Kier alpha value is -0.830. The first-order chi connectivity index (χ1) is 5.65. The van der Waals surface area contributed by atoms with Crippen LogP contribution in [-0.2, 0) is 4.74 Å². The highest BCUT2D eigenvalue weighted by Gasteiger charge is 2.08. The van der Waals surface area contributed by atoms with E-state index in [4.69, 9.17) is 0 Å². The third-order valence-electron chi connectivity index (χ3n) is 1.44. The van der Waals surface area contributed by atoms with Crippen LogP contribution in [0.5, 0.6) is 0 Å². The smallest absolute Gasteiger partial charge is 0.338 e. The Bertz CT molecular complexity index is 307. The molecule has 0 aliphatic rings. The summed E-state index contributed by atoms with van der Waals surface area (Å²) < 4.78 is 5.28. The van der Waals surface area contributed by atoms with Gasteiger partial charge in [0.25, 0.3) is 0 Å². The van der Waals surface area contributed by atoms with Gasteiger partial charge in [-0.25, -0.2) is 4.79 Å². The molecule has 0 aromatic heterocycles. The lowest BCUT2D eigenvalue weighted by atomic mass is 10.1. The predicted octanol–water partition coefficient (Wildman–Crippen LogP) is 2.42. The van der Waals surface area contributed by atoms with Crippen LogP contribution in [-0.4, -0.2) is 13.1 Å². The first kappa shape index (κ1) is 9.26. The molecule has 1 aromatic rings. The lowest BCUT2D eigenvalue weighted by molar-refractivity contribution is 0.0599. The number of hydrogen-bond acceptors (Lipinski definition) is 2. The van der Waals surface area contributed by atoms with E-state index in [0.29, 0.717) is 10.0 Å². The second-order valence-corrected chi connectivity index (χ2v) is 3.16. The first-order valence-corrected chi connectivity index (χ1v) is 4.14. The van der Waals surface area contributed by atoms with E-state index in [1.807, 2.05) is 0 Å². The van der Waals surface area contributed by atoms with Gasteiger partial charge in [0.05, 0.1) is 12.7 Å². The molecule has 0 bridgehead atoms. The number of esters is 1. The molecule has 0 saturated carbocycles. The van der Waals surface area contributed by atoms with Crippen molar-refractivity contribution in [3.63, 3.8) is 0 Å². The third-order valence-corrected chi connectivity index (χ3v) is 2.09. The molecule has 12 heavy (non-hydrogen) atoms. The molecule has 1 rings (SSSR count). The van der Waals surface area contributed by atoms with Gasteiger partial charge in [0.2, 0.25) is 0 Å². The second kappa shape index (κ2) is 3.72. The van der Waals surface area contributed by atoms with E-state index >= 15 is 0 Å². The predicted molar refractivity (Wildman–Crippen MR) is 49.9 cm³/mol. The highest BCUT2D eigenvalue weighted by atomic mass is 79.9. The highest BCUT2D eigenvalue weighted by molar-refractivity contribution is 9.10.